The number of hydrogen-bond donors (Lipinski definition) is 2. The first-order chi connectivity index (χ1) is 12.3. The van der Waals surface area contributed by atoms with Gasteiger partial charge in [0, 0.05) is 12.1 Å². The van der Waals surface area contributed by atoms with Crippen LogP contribution in [0.25, 0.3) is 0 Å². The third-order valence-corrected chi connectivity index (χ3v) is 5.88. The summed E-state index contributed by atoms with van der Waals surface area (Å²) in [5.74, 6) is 0.660. The van der Waals surface area contributed by atoms with Gasteiger partial charge in [0.15, 0.2) is 0 Å². The topological polar surface area (TPSA) is 93.7 Å². The molecule has 0 aliphatic carbocycles. The minimum absolute atomic E-state index is 0.164. The molecule has 0 fully saturated rings. The highest BCUT2D eigenvalue weighted by Gasteiger charge is 2.15. The molecular weight excluding hydrogens is 424 g/mol. The summed E-state index contributed by atoms with van der Waals surface area (Å²) in [7, 11) is 0.877. The number of ether oxygens (including phenoxy) is 2. The SMILES string of the molecule is CNS(=O)(=O)c1ccc(CNC(=O)c2cc(OC)c(Br)c(OC)c2)cc1. The molecule has 0 radical (unpaired) electrons. The summed E-state index contributed by atoms with van der Waals surface area (Å²) in [5.41, 5.74) is 1.15. The van der Waals surface area contributed by atoms with Gasteiger partial charge in [0.05, 0.1) is 19.1 Å². The number of nitrogens with one attached hydrogen (secondary N) is 2. The van der Waals surface area contributed by atoms with Gasteiger partial charge in [-0.1, -0.05) is 12.1 Å². The van der Waals surface area contributed by atoms with Gasteiger partial charge in [0.2, 0.25) is 10.0 Å². The first kappa shape index (κ1) is 20.2. The smallest absolute Gasteiger partial charge is 0.251 e. The van der Waals surface area contributed by atoms with Gasteiger partial charge in [-0.15, -0.1) is 0 Å². The molecule has 2 aromatic carbocycles. The fourth-order valence-electron chi connectivity index (χ4n) is 2.19. The Labute approximate surface area is 160 Å². The van der Waals surface area contributed by atoms with Crippen molar-refractivity contribution in [2.45, 2.75) is 11.4 Å². The number of amides is 1. The molecule has 26 heavy (non-hydrogen) atoms. The van der Waals surface area contributed by atoms with Gasteiger partial charge in [-0.05, 0) is 52.8 Å². The van der Waals surface area contributed by atoms with Crippen molar-refractivity contribution in [2.75, 3.05) is 21.3 Å². The molecular formula is C17H19BrN2O5S. The van der Waals surface area contributed by atoms with Gasteiger partial charge in [0.25, 0.3) is 5.91 Å². The van der Waals surface area contributed by atoms with Crippen molar-refractivity contribution in [1.29, 1.82) is 0 Å². The Bertz CT molecular complexity index is 873. The zero-order valence-corrected chi connectivity index (χ0v) is 16.9. The first-order valence-electron chi connectivity index (χ1n) is 7.54. The average molecular weight is 443 g/mol. The molecule has 0 aliphatic heterocycles. The monoisotopic (exact) mass is 442 g/mol. The van der Waals surface area contributed by atoms with E-state index in [4.69, 9.17) is 9.47 Å². The van der Waals surface area contributed by atoms with Crippen LogP contribution in [0, 0.1) is 0 Å². The van der Waals surface area contributed by atoms with E-state index >= 15 is 0 Å². The summed E-state index contributed by atoms with van der Waals surface area (Å²) in [6, 6.07) is 9.47. The Balaban J connectivity index is 2.12. The molecule has 2 aromatic rings. The highest BCUT2D eigenvalue weighted by atomic mass is 79.9. The second kappa shape index (κ2) is 8.52. The lowest BCUT2D eigenvalue weighted by atomic mass is 10.1. The molecule has 0 atom stereocenters. The van der Waals surface area contributed by atoms with Gasteiger partial charge in [-0.25, -0.2) is 13.1 Å². The minimum atomic E-state index is -3.48. The second-order valence-electron chi connectivity index (χ2n) is 5.23. The normalized spacial score (nSPS) is 11.1. The van der Waals surface area contributed by atoms with Crippen molar-refractivity contribution >= 4 is 31.9 Å². The molecule has 0 saturated carbocycles. The maximum Gasteiger partial charge on any atom is 0.251 e. The summed E-state index contributed by atoms with van der Waals surface area (Å²) in [6.07, 6.45) is 0. The lowest BCUT2D eigenvalue weighted by molar-refractivity contribution is 0.0950. The van der Waals surface area contributed by atoms with E-state index in [1.807, 2.05) is 0 Å². The van der Waals surface area contributed by atoms with Crippen LogP contribution in [0.2, 0.25) is 0 Å². The molecule has 0 spiro atoms. The van der Waals surface area contributed by atoms with Crippen molar-refractivity contribution in [3.8, 4) is 11.5 Å². The lowest BCUT2D eigenvalue weighted by Gasteiger charge is -2.12. The number of sulfonamides is 1. The van der Waals surface area contributed by atoms with Gasteiger partial charge < -0.3 is 14.8 Å². The van der Waals surface area contributed by atoms with Crippen LogP contribution in [-0.2, 0) is 16.6 Å². The summed E-state index contributed by atoms with van der Waals surface area (Å²) in [4.78, 5) is 12.6. The van der Waals surface area contributed by atoms with Gasteiger partial charge in [-0.2, -0.15) is 0 Å². The summed E-state index contributed by atoms with van der Waals surface area (Å²) in [5, 5.41) is 2.78. The Morgan fingerprint density at radius 2 is 1.62 bits per heavy atom. The predicted molar refractivity (Wildman–Crippen MR) is 101 cm³/mol. The van der Waals surface area contributed by atoms with Crippen LogP contribution in [-0.4, -0.2) is 35.6 Å². The number of benzene rings is 2. The maximum atomic E-state index is 12.4. The number of hydrogen-bond acceptors (Lipinski definition) is 5. The van der Waals surface area contributed by atoms with Crippen LogP contribution >= 0.6 is 15.9 Å². The lowest BCUT2D eigenvalue weighted by Crippen LogP contribution is -2.23. The Hall–Kier alpha value is -2.10. The average Bonchev–Trinajstić information content (AvgIpc) is 2.66. The summed E-state index contributed by atoms with van der Waals surface area (Å²) < 4.78 is 36.7. The zero-order valence-electron chi connectivity index (χ0n) is 14.5. The van der Waals surface area contributed by atoms with Crippen LogP contribution in [0.3, 0.4) is 0 Å². The number of carbonyl (C=O) groups excluding carboxylic acids is 1. The molecule has 0 aromatic heterocycles. The molecule has 140 valence electrons. The number of halogens is 1. The van der Waals surface area contributed by atoms with E-state index in [0.29, 0.717) is 21.5 Å². The number of carbonyl (C=O) groups is 1. The second-order valence-corrected chi connectivity index (χ2v) is 7.91. The first-order valence-corrected chi connectivity index (χ1v) is 9.82. The molecule has 2 N–H and O–H groups in total. The van der Waals surface area contributed by atoms with E-state index in [1.165, 1.54) is 33.4 Å². The van der Waals surface area contributed by atoms with Crippen molar-refractivity contribution in [3.63, 3.8) is 0 Å². The van der Waals surface area contributed by atoms with Crippen molar-refractivity contribution in [1.82, 2.24) is 10.0 Å². The van der Waals surface area contributed by atoms with Gasteiger partial charge in [-0.3, -0.25) is 4.79 Å². The van der Waals surface area contributed by atoms with Crippen LogP contribution in [0.15, 0.2) is 45.8 Å². The largest absolute Gasteiger partial charge is 0.495 e. The quantitative estimate of drug-likeness (QED) is 0.685. The van der Waals surface area contributed by atoms with E-state index in [0.717, 1.165) is 5.56 Å². The third-order valence-electron chi connectivity index (χ3n) is 3.66. The van der Waals surface area contributed by atoms with Crippen molar-refractivity contribution in [2.24, 2.45) is 0 Å². The molecule has 9 heteroatoms. The summed E-state index contributed by atoms with van der Waals surface area (Å²) >= 11 is 3.35. The van der Waals surface area contributed by atoms with Crippen molar-refractivity contribution < 1.29 is 22.7 Å². The van der Waals surface area contributed by atoms with Crippen LogP contribution in [0.1, 0.15) is 15.9 Å². The molecule has 0 saturated heterocycles. The fraction of sp³-hybridized carbons (Fsp3) is 0.235. The van der Waals surface area contributed by atoms with E-state index in [1.54, 1.807) is 24.3 Å². The Morgan fingerprint density at radius 3 is 2.08 bits per heavy atom. The van der Waals surface area contributed by atoms with Gasteiger partial charge in [0.1, 0.15) is 16.0 Å². The fourth-order valence-corrected chi connectivity index (χ4v) is 3.47. The standard InChI is InChI=1S/C17H19BrN2O5S/c1-19-26(22,23)13-6-4-11(5-7-13)10-20-17(21)12-8-14(24-2)16(18)15(9-12)25-3/h4-9,19H,10H2,1-3H3,(H,20,21). The maximum absolute atomic E-state index is 12.4. The highest BCUT2D eigenvalue weighted by Crippen LogP contribution is 2.35. The van der Waals surface area contributed by atoms with E-state index < -0.39 is 10.0 Å². The highest BCUT2D eigenvalue weighted by molar-refractivity contribution is 9.10. The number of rotatable bonds is 7. The van der Waals surface area contributed by atoms with E-state index in [9.17, 15) is 13.2 Å². The third kappa shape index (κ3) is 4.54. The molecule has 0 heterocycles. The van der Waals surface area contributed by atoms with Crippen molar-refractivity contribution in [3.05, 3.63) is 52.0 Å². The molecule has 0 unspecified atom stereocenters. The van der Waals surface area contributed by atoms with E-state index in [-0.39, 0.29) is 17.3 Å². The molecule has 0 bridgehead atoms. The summed E-state index contributed by atoms with van der Waals surface area (Å²) in [6.45, 7) is 0.249. The minimum Gasteiger partial charge on any atom is -0.495 e. The molecule has 2 rings (SSSR count). The Morgan fingerprint density at radius 1 is 1.08 bits per heavy atom. The van der Waals surface area contributed by atoms with Crippen LogP contribution in [0.5, 0.6) is 11.5 Å². The van der Waals surface area contributed by atoms with E-state index in [2.05, 4.69) is 26.0 Å². The molecule has 7 nitrogen and oxygen atoms in total. The van der Waals surface area contributed by atoms with Crippen LogP contribution in [0.4, 0.5) is 0 Å². The molecule has 0 aliphatic rings. The number of methoxy groups -OCH3 is 2. The molecule has 1 amide bonds. The predicted octanol–water partition coefficient (Wildman–Crippen LogP) is 2.30. The zero-order chi connectivity index (χ0) is 19.3. The Kier molecular flexibility index (Phi) is 6.63. The van der Waals surface area contributed by atoms with Gasteiger partial charge >= 0.3 is 0 Å². The van der Waals surface area contributed by atoms with Crippen LogP contribution < -0.4 is 19.5 Å².